The number of aryl methyl sites for hydroxylation is 1. The quantitative estimate of drug-likeness (QED) is 0.776. The standard InChI is InChI=1S/C13H16N4/c1-9-2-10(4-14)3-13(16-9)17-7-11-5-15-6-12(11)8-17/h2-3,11-12,15H,5-8H2,1H3. The van der Waals surface area contributed by atoms with E-state index in [4.69, 9.17) is 5.26 Å². The highest BCUT2D eigenvalue weighted by Gasteiger charge is 2.36. The smallest absolute Gasteiger partial charge is 0.130 e. The molecular weight excluding hydrogens is 212 g/mol. The van der Waals surface area contributed by atoms with E-state index in [9.17, 15) is 0 Å². The number of nitrogens with one attached hydrogen (secondary N) is 1. The average Bonchev–Trinajstić information content (AvgIpc) is 2.88. The van der Waals surface area contributed by atoms with Crippen molar-refractivity contribution in [2.45, 2.75) is 6.92 Å². The van der Waals surface area contributed by atoms with Gasteiger partial charge in [0, 0.05) is 31.9 Å². The van der Waals surface area contributed by atoms with Crippen LogP contribution in [0, 0.1) is 30.1 Å². The Hall–Kier alpha value is -1.60. The van der Waals surface area contributed by atoms with Crippen molar-refractivity contribution in [3.8, 4) is 6.07 Å². The summed E-state index contributed by atoms with van der Waals surface area (Å²) in [5.41, 5.74) is 1.64. The summed E-state index contributed by atoms with van der Waals surface area (Å²) in [5, 5.41) is 12.4. The second-order valence-electron chi connectivity index (χ2n) is 5.05. The highest BCUT2D eigenvalue weighted by Crippen LogP contribution is 2.29. The molecule has 0 aromatic carbocycles. The molecule has 0 radical (unpaired) electrons. The van der Waals surface area contributed by atoms with Crippen molar-refractivity contribution in [1.29, 1.82) is 5.26 Å². The average molecular weight is 228 g/mol. The molecule has 0 amide bonds. The predicted molar refractivity (Wildman–Crippen MR) is 65.8 cm³/mol. The van der Waals surface area contributed by atoms with Crippen LogP contribution < -0.4 is 10.2 Å². The first-order valence-electron chi connectivity index (χ1n) is 6.11. The van der Waals surface area contributed by atoms with Crippen LogP contribution in [0.4, 0.5) is 5.82 Å². The van der Waals surface area contributed by atoms with Crippen LogP contribution in [0.1, 0.15) is 11.3 Å². The summed E-state index contributed by atoms with van der Waals surface area (Å²) in [4.78, 5) is 6.87. The maximum Gasteiger partial charge on any atom is 0.130 e. The molecule has 1 N–H and O–H groups in total. The predicted octanol–water partition coefficient (Wildman–Crippen LogP) is 0.917. The summed E-state index contributed by atoms with van der Waals surface area (Å²) >= 11 is 0. The number of hydrogen-bond donors (Lipinski definition) is 1. The Morgan fingerprint density at radius 3 is 2.71 bits per heavy atom. The molecule has 2 unspecified atom stereocenters. The first kappa shape index (κ1) is 10.5. The molecule has 4 nitrogen and oxygen atoms in total. The molecule has 2 aliphatic heterocycles. The molecule has 1 aromatic heterocycles. The lowest BCUT2D eigenvalue weighted by molar-refractivity contribution is 0.533. The number of nitriles is 1. The van der Waals surface area contributed by atoms with Gasteiger partial charge >= 0.3 is 0 Å². The summed E-state index contributed by atoms with van der Waals surface area (Å²) < 4.78 is 0. The fourth-order valence-corrected chi connectivity index (χ4v) is 2.92. The van der Waals surface area contributed by atoms with Gasteiger partial charge in [0.15, 0.2) is 0 Å². The minimum absolute atomic E-state index is 0.711. The molecule has 3 heterocycles. The van der Waals surface area contributed by atoms with Gasteiger partial charge in [-0.15, -0.1) is 0 Å². The molecule has 0 saturated carbocycles. The Balaban J connectivity index is 1.86. The summed E-state index contributed by atoms with van der Waals surface area (Å²) in [7, 11) is 0. The number of pyridine rings is 1. The third-order valence-corrected chi connectivity index (χ3v) is 3.78. The molecule has 1 aromatic rings. The molecule has 17 heavy (non-hydrogen) atoms. The maximum atomic E-state index is 8.98. The monoisotopic (exact) mass is 228 g/mol. The Bertz CT molecular complexity index is 465. The molecule has 2 aliphatic rings. The van der Waals surface area contributed by atoms with Gasteiger partial charge in [-0.1, -0.05) is 0 Å². The summed E-state index contributed by atoms with van der Waals surface area (Å²) in [5.74, 6) is 2.47. The van der Waals surface area contributed by atoms with Crippen LogP contribution in [-0.4, -0.2) is 31.2 Å². The van der Waals surface area contributed by atoms with Crippen molar-refractivity contribution < 1.29 is 0 Å². The zero-order valence-corrected chi connectivity index (χ0v) is 9.98. The molecule has 2 atom stereocenters. The molecule has 0 bridgehead atoms. The first-order chi connectivity index (χ1) is 8.26. The third kappa shape index (κ3) is 1.87. The van der Waals surface area contributed by atoms with Gasteiger partial charge in [-0.05, 0) is 30.9 Å². The van der Waals surface area contributed by atoms with Gasteiger partial charge in [0.2, 0.25) is 0 Å². The van der Waals surface area contributed by atoms with Crippen LogP contribution in [-0.2, 0) is 0 Å². The van der Waals surface area contributed by atoms with E-state index in [-0.39, 0.29) is 0 Å². The van der Waals surface area contributed by atoms with Crippen molar-refractivity contribution in [2.75, 3.05) is 31.1 Å². The number of fused-ring (bicyclic) bond motifs is 1. The van der Waals surface area contributed by atoms with Crippen LogP contribution in [0.25, 0.3) is 0 Å². The minimum atomic E-state index is 0.711. The molecule has 88 valence electrons. The topological polar surface area (TPSA) is 52.0 Å². The van der Waals surface area contributed by atoms with Gasteiger partial charge in [0.05, 0.1) is 11.6 Å². The lowest BCUT2D eigenvalue weighted by Gasteiger charge is -2.19. The van der Waals surface area contributed by atoms with E-state index in [0.29, 0.717) is 5.56 Å². The van der Waals surface area contributed by atoms with E-state index >= 15 is 0 Å². The number of hydrogen-bond acceptors (Lipinski definition) is 4. The molecule has 4 heteroatoms. The molecule has 3 rings (SSSR count). The van der Waals surface area contributed by atoms with E-state index in [1.807, 2.05) is 19.1 Å². The largest absolute Gasteiger partial charge is 0.356 e. The summed E-state index contributed by atoms with van der Waals surface area (Å²) in [6.45, 7) is 6.33. The second kappa shape index (κ2) is 4.01. The van der Waals surface area contributed by atoms with E-state index in [2.05, 4.69) is 21.3 Å². The zero-order chi connectivity index (χ0) is 11.8. The van der Waals surface area contributed by atoms with Crippen LogP contribution in [0.5, 0.6) is 0 Å². The molecule has 2 fully saturated rings. The van der Waals surface area contributed by atoms with Crippen molar-refractivity contribution >= 4 is 5.82 Å². The van der Waals surface area contributed by atoms with Gasteiger partial charge in [-0.2, -0.15) is 5.26 Å². The van der Waals surface area contributed by atoms with Crippen LogP contribution in [0.3, 0.4) is 0 Å². The lowest BCUT2D eigenvalue weighted by atomic mass is 10.0. The molecule has 0 spiro atoms. The number of nitrogens with zero attached hydrogens (tertiary/aromatic N) is 3. The van der Waals surface area contributed by atoms with Crippen LogP contribution in [0.15, 0.2) is 12.1 Å². The van der Waals surface area contributed by atoms with Gasteiger partial charge in [-0.25, -0.2) is 4.98 Å². The second-order valence-corrected chi connectivity index (χ2v) is 5.05. The Morgan fingerprint density at radius 1 is 1.35 bits per heavy atom. The lowest BCUT2D eigenvalue weighted by Crippen LogP contribution is -2.26. The fraction of sp³-hybridized carbons (Fsp3) is 0.538. The number of rotatable bonds is 1. The van der Waals surface area contributed by atoms with Crippen molar-refractivity contribution in [3.05, 3.63) is 23.4 Å². The summed E-state index contributed by atoms with van der Waals surface area (Å²) in [6.07, 6.45) is 0. The van der Waals surface area contributed by atoms with Gasteiger partial charge in [-0.3, -0.25) is 0 Å². The Morgan fingerprint density at radius 2 is 2.06 bits per heavy atom. The number of aromatic nitrogens is 1. The van der Waals surface area contributed by atoms with E-state index in [1.54, 1.807) is 0 Å². The van der Waals surface area contributed by atoms with E-state index < -0.39 is 0 Å². The molecular formula is C13H16N4. The third-order valence-electron chi connectivity index (χ3n) is 3.78. The first-order valence-corrected chi connectivity index (χ1v) is 6.11. The normalized spacial score (nSPS) is 26.9. The van der Waals surface area contributed by atoms with Gasteiger partial charge in [0.25, 0.3) is 0 Å². The Labute approximate surface area is 101 Å². The SMILES string of the molecule is Cc1cc(C#N)cc(N2CC3CNCC3C2)n1. The van der Waals surface area contributed by atoms with Crippen molar-refractivity contribution in [1.82, 2.24) is 10.3 Å². The van der Waals surface area contributed by atoms with E-state index in [1.165, 1.54) is 0 Å². The molecule has 2 saturated heterocycles. The molecule has 0 aliphatic carbocycles. The van der Waals surface area contributed by atoms with Gasteiger partial charge in [0.1, 0.15) is 5.82 Å². The minimum Gasteiger partial charge on any atom is -0.356 e. The zero-order valence-electron chi connectivity index (χ0n) is 9.98. The van der Waals surface area contributed by atoms with Crippen molar-refractivity contribution in [3.63, 3.8) is 0 Å². The van der Waals surface area contributed by atoms with Gasteiger partial charge < -0.3 is 10.2 Å². The van der Waals surface area contributed by atoms with E-state index in [0.717, 1.165) is 49.5 Å². The fourth-order valence-electron chi connectivity index (χ4n) is 2.92. The van der Waals surface area contributed by atoms with Crippen LogP contribution in [0.2, 0.25) is 0 Å². The van der Waals surface area contributed by atoms with Crippen molar-refractivity contribution in [2.24, 2.45) is 11.8 Å². The summed E-state index contributed by atoms with van der Waals surface area (Å²) in [6, 6.07) is 5.94. The highest BCUT2D eigenvalue weighted by atomic mass is 15.2. The Kier molecular flexibility index (Phi) is 2.49. The van der Waals surface area contributed by atoms with Crippen LogP contribution >= 0.6 is 0 Å². The highest BCUT2D eigenvalue weighted by molar-refractivity contribution is 5.47. The number of anilines is 1. The maximum absolute atomic E-state index is 8.98.